The second-order valence-electron chi connectivity index (χ2n) is 14.0. The maximum Gasteiger partial charge on any atom is 0.315 e. The SMILES string of the molecule is CCCCCCCCCCCCCCCCCCCC(=O)/C=C/CC1=CC=C(OC(=O)Cc2ccc(C)cc2)C(C(=O)c2ccccc2)C1. The van der Waals surface area contributed by atoms with Gasteiger partial charge in [0.15, 0.2) is 11.6 Å². The highest BCUT2D eigenvalue weighted by atomic mass is 16.5. The molecule has 1 aliphatic rings. The lowest BCUT2D eigenvalue weighted by Gasteiger charge is -2.23. The van der Waals surface area contributed by atoms with Crippen molar-refractivity contribution in [2.24, 2.45) is 5.92 Å². The Balaban J connectivity index is 1.32. The summed E-state index contributed by atoms with van der Waals surface area (Å²) in [4.78, 5) is 38.9. The largest absolute Gasteiger partial charge is 0.430 e. The van der Waals surface area contributed by atoms with E-state index in [1.807, 2.05) is 61.5 Å². The normalized spacial score (nSPS) is 14.4. The first-order valence-electron chi connectivity index (χ1n) is 19.4. The number of hydrogen-bond donors (Lipinski definition) is 0. The lowest BCUT2D eigenvalue weighted by Crippen LogP contribution is -2.24. The molecule has 1 unspecified atom stereocenters. The van der Waals surface area contributed by atoms with Crippen LogP contribution in [0.1, 0.15) is 157 Å². The summed E-state index contributed by atoms with van der Waals surface area (Å²) in [5, 5.41) is 0. The van der Waals surface area contributed by atoms with Crippen molar-refractivity contribution in [1.29, 1.82) is 0 Å². The van der Waals surface area contributed by atoms with Gasteiger partial charge in [0, 0.05) is 12.0 Å². The van der Waals surface area contributed by atoms with Crippen molar-refractivity contribution in [3.05, 3.63) is 107 Å². The number of benzene rings is 2. The third kappa shape index (κ3) is 17.1. The Bertz CT molecular complexity index is 1330. The zero-order valence-corrected chi connectivity index (χ0v) is 30.6. The van der Waals surface area contributed by atoms with Gasteiger partial charge in [0.2, 0.25) is 0 Å². The van der Waals surface area contributed by atoms with E-state index in [2.05, 4.69) is 6.92 Å². The number of rotatable bonds is 26. The van der Waals surface area contributed by atoms with Gasteiger partial charge < -0.3 is 4.74 Å². The maximum atomic E-state index is 13.5. The van der Waals surface area contributed by atoms with Crippen LogP contribution in [0.25, 0.3) is 0 Å². The van der Waals surface area contributed by atoms with Crippen LogP contribution in [0.2, 0.25) is 0 Å². The highest BCUT2D eigenvalue weighted by Gasteiger charge is 2.30. The standard InChI is InChI=1S/C45H62O4/c1-3-4-5-6-7-8-9-10-11-12-13-14-15-16-17-18-22-27-41(46)28-23-24-38-33-34-43(42(35-38)45(48)40-25-20-19-21-26-40)49-44(47)36-39-31-29-37(2)30-32-39/h19-21,23,25-26,28-34,42H,3-18,22,24,27,35-36H2,1-2H3/b28-23+. The number of Topliss-reactive ketones (excluding diaryl/α,β-unsaturated/α-hetero) is 1. The molecule has 1 atom stereocenters. The van der Waals surface area contributed by atoms with Gasteiger partial charge >= 0.3 is 5.97 Å². The van der Waals surface area contributed by atoms with Gasteiger partial charge in [0.25, 0.3) is 0 Å². The minimum absolute atomic E-state index is 0.0700. The molecule has 2 aromatic carbocycles. The number of allylic oxidation sites excluding steroid dienone is 6. The zero-order valence-electron chi connectivity index (χ0n) is 30.6. The van der Waals surface area contributed by atoms with E-state index in [1.54, 1.807) is 24.3 Å². The van der Waals surface area contributed by atoms with Crippen molar-refractivity contribution in [3.63, 3.8) is 0 Å². The molecule has 0 saturated carbocycles. The second-order valence-corrected chi connectivity index (χ2v) is 14.0. The Morgan fingerprint density at radius 2 is 1.24 bits per heavy atom. The van der Waals surface area contributed by atoms with Crippen LogP contribution in [0.4, 0.5) is 0 Å². The van der Waals surface area contributed by atoms with E-state index in [-0.39, 0.29) is 24.0 Å². The Hall–Kier alpha value is -3.53. The van der Waals surface area contributed by atoms with Crippen LogP contribution < -0.4 is 0 Å². The summed E-state index contributed by atoms with van der Waals surface area (Å²) < 4.78 is 5.78. The van der Waals surface area contributed by atoms with Gasteiger partial charge in [-0.15, -0.1) is 0 Å². The third-order valence-electron chi connectivity index (χ3n) is 9.58. The first-order valence-corrected chi connectivity index (χ1v) is 19.4. The minimum atomic E-state index is -0.580. The van der Waals surface area contributed by atoms with Gasteiger partial charge in [0.05, 0.1) is 12.3 Å². The summed E-state index contributed by atoms with van der Waals surface area (Å²) in [7, 11) is 0. The summed E-state index contributed by atoms with van der Waals surface area (Å²) in [6.45, 7) is 4.28. The molecule has 0 heterocycles. The highest BCUT2D eigenvalue weighted by molar-refractivity contribution is 6.00. The molecule has 0 saturated heterocycles. The van der Waals surface area contributed by atoms with Gasteiger partial charge in [-0.1, -0.05) is 188 Å². The molecule has 266 valence electrons. The zero-order chi connectivity index (χ0) is 34.9. The van der Waals surface area contributed by atoms with Crippen LogP contribution in [0.5, 0.6) is 0 Å². The van der Waals surface area contributed by atoms with Crippen LogP contribution in [0, 0.1) is 12.8 Å². The second kappa shape index (κ2) is 24.6. The van der Waals surface area contributed by atoms with Crippen molar-refractivity contribution < 1.29 is 19.1 Å². The number of hydrogen-bond acceptors (Lipinski definition) is 4. The van der Waals surface area contributed by atoms with Crippen LogP contribution in [-0.4, -0.2) is 17.5 Å². The maximum absolute atomic E-state index is 13.5. The van der Waals surface area contributed by atoms with Gasteiger partial charge in [-0.05, 0) is 43.9 Å². The van der Waals surface area contributed by atoms with Crippen molar-refractivity contribution in [2.75, 3.05) is 0 Å². The Morgan fingerprint density at radius 1 is 0.694 bits per heavy atom. The average molecular weight is 667 g/mol. The average Bonchev–Trinajstić information content (AvgIpc) is 3.11. The molecule has 0 radical (unpaired) electrons. The fourth-order valence-electron chi connectivity index (χ4n) is 6.52. The number of aryl methyl sites for hydroxylation is 1. The molecule has 0 aliphatic heterocycles. The van der Waals surface area contributed by atoms with Gasteiger partial charge in [-0.3, -0.25) is 14.4 Å². The molecule has 3 rings (SSSR count). The summed E-state index contributed by atoms with van der Waals surface area (Å²) in [6.07, 6.45) is 31.7. The minimum Gasteiger partial charge on any atom is -0.430 e. The fraction of sp³-hybridized carbons (Fsp3) is 0.533. The quantitative estimate of drug-likeness (QED) is 0.0434. The van der Waals surface area contributed by atoms with E-state index in [1.165, 1.54) is 96.3 Å². The number of ether oxygens (including phenoxy) is 1. The molecule has 4 nitrogen and oxygen atoms in total. The smallest absolute Gasteiger partial charge is 0.315 e. The Morgan fingerprint density at radius 3 is 1.82 bits per heavy atom. The lowest BCUT2D eigenvalue weighted by atomic mass is 9.85. The lowest BCUT2D eigenvalue weighted by molar-refractivity contribution is -0.139. The number of esters is 1. The van der Waals surface area contributed by atoms with E-state index in [0.717, 1.165) is 29.5 Å². The summed E-state index contributed by atoms with van der Waals surface area (Å²) >= 11 is 0. The summed E-state index contributed by atoms with van der Waals surface area (Å²) in [5.74, 6) is -0.486. The molecular formula is C45H62O4. The first kappa shape index (κ1) is 39.9. The fourth-order valence-corrected chi connectivity index (χ4v) is 6.52. The van der Waals surface area contributed by atoms with Gasteiger partial charge in [0.1, 0.15) is 5.76 Å². The number of carbonyl (C=O) groups is 3. The molecule has 49 heavy (non-hydrogen) atoms. The van der Waals surface area contributed by atoms with E-state index < -0.39 is 5.92 Å². The predicted octanol–water partition coefficient (Wildman–Crippen LogP) is 12.4. The highest BCUT2D eigenvalue weighted by Crippen LogP contribution is 2.31. The summed E-state index contributed by atoms with van der Waals surface area (Å²) in [5.41, 5.74) is 3.63. The number of ketones is 2. The van der Waals surface area contributed by atoms with Gasteiger partial charge in [-0.25, -0.2) is 0 Å². The van der Waals surface area contributed by atoms with Gasteiger partial charge in [-0.2, -0.15) is 0 Å². The van der Waals surface area contributed by atoms with E-state index in [9.17, 15) is 14.4 Å². The summed E-state index contributed by atoms with van der Waals surface area (Å²) in [6, 6.07) is 16.9. The van der Waals surface area contributed by atoms with Crippen LogP contribution >= 0.6 is 0 Å². The van der Waals surface area contributed by atoms with Crippen LogP contribution in [0.15, 0.2) is 90.2 Å². The Kier molecular flexibility index (Phi) is 20.0. The molecule has 2 aromatic rings. The molecular weight excluding hydrogens is 604 g/mol. The molecule has 1 aliphatic carbocycles. The van der Waals surface area contributed by atoms with Crippen molar-refractivity contribution >= 4 is 17.5 Å². The van der Waals surface area contributed by atoms with Crippen LogP contribution in [0.3, 0.4) is 0 Å². The first-order chi connectivity index (χ1) is 24.0. The molecule has 0 aromatic heterocycles. The predicted molar refractivity (Wildman–Crippen MR) is 204 cm³/mol. The number of unbranched alkanes of at least 4 members (excludes halogenated alkanes) is 16. The monoisotopic (exact) mass is 666 g/mol. The van der Waals surface area contributed by atoms with Crippen LogP contribution in [-0.2, 0) is 20.7 Å². The van der Waals surface area contributed by atoms with E-state index in [4.69, 9.17) is 4.74 Å². The Labute approximate surface area is 297 Å². The van der Waals surface area contributed by atoms with Crippen molar-refractivity contribution in [3.8, 4) is 0 Å². The van der Waals surface area contributed by atoms with Crippen molar-refractivity contribution in [1.82, 2.24) is 0 Å². The molecule has 4 heteroatoms. The van der Waals surface area contributed by atoms with E-state index >= 15 is 0 Å². The molecule has 0 amide bonds. The van der Waals surface area contributed by atoms with Crippen molar-refractivity contribution in [2.45, 2.75) is 149 Å². The topological polar surface area (TPSA) is 60.4 Å². The van der Waals surface area contributed by atoms with E-state index in [0.29, 0.717) is 30.6 Å². The molecule has 0 bridgehead atoms. The molecule has 0 spiro atoms. The third-order valence-corrected chi connectivity index (χ3v) is 9.58. The number of carbonyl (C=O) groups excluding carboxylic acids is 3. The molecule has 0 N–H and O–H groups in total. The molecule has 0 fully saturated rings.